The van der Waals surface area contributed by atoms with Gasteiger partial charge in [-0.15, -0.1) is 0 Å². The van der Waals surface area contributed by atoms with Crippen molar-refractivity contribution in [1.29, 1.82) is 0 Å². The number of esters is 1. The Morgan fingerprint density at radius 3 is 2.00 bits per heavy atom. The van der Waals surface area contributed by atoms with Crippen LogP contribution in [0.15, 0.2) is 0 Å². The quantitative estimate of drug-likeness (QED) is 0.366. The molecule has 0 heterocycles. The second-order valence-corrected chi connectivity index (χ2v) is 3.60. The summed E-state index contributed by atoms with van der Waals surface area (Å²) < 4.78 is 4.48. The van der Waals surface area contributed by atoms with Gasteiger partial charge in [-0.3, -0.25) is 14.4 Å². The Kier molecular flexibility index (Phi) is 6.58. The molecule has 0 aliphatic carbocycles. The molecule has 0 rings (SSSR count). The van der Waals surface area contributed by atoms with Crippen LogP contribution in [0.3, 0.4) is 0 Å². The predicted molar refractivity (Wildman–Crippen MR) is 55.3 cm³/mol. The van der Waals surface area contributed by atoms with E-state index in [9.17, 15) is 14.4 Å². The van der Waals surface area contributed by atoms with E-state index in [1.807, 2.05) is 0 Å². The number of rotatable bonds is 7. The van der Waals surface area contributed by atoms with Gasteiger partial charge < -0.3 is 4.74 Å². The summed E-state index contributed by atoms with van der Waals surface area (Å²) in [5, 5.41) is 0. The third kappa shape index (κ3) is 5.99. The third-order valence-corrected chi connectivity index (χ3v) is 2.33. The Balaban J connectivity index is 3.77. The number of carbonyl (C=O) groups excluding carboxylic acids is 3. The highest BCUT2D eigenvalue weighted by atomic mass is 16.5. The molecule has 0 aromatic rings. The molecule has 0 aromatic heterocycles. The summed E-state index contributed by atoms with van der Waals surface area (Å²) >= 11 is 0. The van der Waals surface area contributed by atoms with Gasteiger partial charge in [0, 0.05) is 6.42 Å². The molecule has 0 fully saturated rings. The summed E-state index contributed by atoms with van der Waals surface area (Å²) in [6.07, 6.45) is 2.23. The average molecular weight is 214 g/mol. The van der Waals surface area contributed by atoms with E-state index in [1.165, 1.54) is 21.0 Å². The molecule has 0 unspecified atom stereocenters. The fraction of sp³-hybridized carbons (Fsp3) is 0.727. The van der Waals surface area contributed by atoms with Crippen molar-refractivity contribution in [1.82, 2.24) is 0 Å². The molecule has 0 amide bonds. The third-order valence-electron chi connectivity index (χ3n) is 2.33. The topological polar surface area (TPSA) is 60.4 Å². The van der Waals surface area contributed by atoms with Crippen molar-refractivity contribution in [3.05, 3.63) is 0 Å². The average Bonchev–Trinajstić information content (AvgIpc) is 2.15. The van der Waals surface area contributed by atoms with E-state index in [2.05, 4.69) is 4.74 Å². The number of carbonyl (C=O) groups is 3. The number of methoxy groups -OCH3 is 1. The maximum Gasteiger partial charge on any atom is 0.305 e. The van der Waals surface area contributed by atoms with Gasteiger partial charge in [0.1, 0.15) is 11.6 Å². The molecule has 0 bridgehead atoms. The van der Waals surface area contributed by atoms with E-state index in [0.717, 1.165) is 0 Å². The van der Waals surface area contributed by atoms with E-state index >= 15 is 0 Å². The molecule has 4 nitrogen and oxygen atoms in total. The molecule has 0 aromatic carbocycles. The molecule has 0 aliphatic rings. The SMILES string of the molecule is COC(=O)CCCCC(C(C)=O)C(C)=O. The van der Waals surface area contributed by atoms with Crippen LogP contribution in [0.25, 0.3) is 0 Å². The van der Waals surface area contributed by atoms with Crippen molar-refractivity contribution in [2.75, 3.05) is 7.11 Å². The Labute approximate surface area is 90.0 Å². The number of ketones is 2. The second-order valence-electron chi connectivity index (χ2n) is 3.60. The lowest BCUT2D eigenvalue weighted by Crippen LogP contribution is -2.19. The van der Waals surface area contributed by atoms with Gasteiger partial charge in [0.15, 0.2) is 0 Å². The predicted octanol–water partition coefficient (Wildman–Crippen LogP) is 1.51. The molecule has 4 heteroatoms. The van der Waals surface area contributed by atoms with E-state index < -0.39 is 5.92 Å². The highest BCUT2D eigenvalue weighted by Crippen LogP contribution is 2.12. The Morgan fingerprint density at radius 2 is 1.60 bits per heavy atom. The number of hydrogen-bond donors (Lipinski definition) is 0. The molecule has 0 saturated heterocycles. The molecule has 86 valence electrons. The smallest absolute Gasteiger partial charge is 0.305 e. The molecule has 0 radical (unpaired) electrons. The van der Waals surface area contributed by atoms with Crippen molar-refractivity contribution >= 4 is 17.5 Å². The molecule has 0 saturated carbocycles. The minimum atomic E-state index is -0.498. The van der Waals surface area contributed by atoms with Crippen LogP contribution in [0.4, 0.5) is 0 Å². The zero-order valence-corrected chi connectivity index (χ0v) is 9.54. The lowest BCUT2D eigenvalue weighted by atomic mass is 9.94. The Morgan fingerprint density at radius 1 is 1.07 bits per heavy atom. The Hall–Kier alpha value is -1.19. The van der Waals surface area contributed by atoms with Crippen LogP contribution in [0.2, 0.25) is 0 Å². The number of Topliss-reactive ketones (excluding diaryl/α,β-unsaturated/α-hetero) is 2. The van der Waals surface area contributed by atoms with Gasteiger partial charge in [-0.1, -0.05) is 6.42 Å². The van der Waals surface area contributed by atoms with E-state index in [-0.39, 0.29) is 17.5 Å². The minimum Gasteiger partial charge on any atom is -0.469 e. The van der Waals surface area contributed by atoms with Crippen molar-refractivity contribution < 1.29 is 19.1 Å². The van der Waals surface area contributed by atoms with Crippen LogP contribution in [0.1, 0.15) is 39.5 Å². The second kappa shape index (κ2) is 7.15. The first-order valence-corrected chi connectivity index (χ1v) is 5.06. The number of hydrogen-bond acceptors (Lipinski definition) is 4. The van der Waals surface area contributed by atoms with Crippen LogP contribution in [0, 0.1) is 5.92 Å². The standard InChI is InChI=1S/C11H18O4/c1-8(12)10(9(2)13)6-4-5-7-11(14)15-3/h10H,4-7H2,1-3H3. The maximum absolute atomic E-state index is 11.1. The largest absolute Gasteiger partial charge is 0.469 e. The molecule has 0 N–H and O–H groups in total. The number of ether oxygens (including phenoxy) is 1. The van der Waals surface area contributed by atoms with Crippen molar-refractivity contribution in [2.24, 2.45) is 5.92 Å². The van der Waals surface area contributed by atoms with Crippen molar-refractivity contribution in [2.45, 2.75) is 39.5 Å². The van der Waals surface area contributed by atoms with E-state index in [0.29, 0.717) is 25.7 Å². The summed E-state index contributed by atoms with van der Waals surface area (Å²) in [5.41, 5.74) is 0. The molecule has 15 heavy (non-hydrogen) atoms. The van der Waals surface area contributed by atoms with Gasteiger partial charge in [-0.25, -0.2) is 0 Å². The highest BCUT2D eigenvalue weighted by molar-refractivity contribution is 6.00. The monoisotopic (exact) mass is 214 g/mol. The fourth-order valence-corrected chi connectivity index (χ4v) is 1.41. The first-order valence-electron chi connectivity index (χ1n) is 5.06. The van der Waals surface area contributed by atoms with Gasteiger partial charge in [0.05, 0.1) is 13.0 Å². The zero-order chi connectivity index (χ0) is 11.8. The van der Waals surface area contributed by atoms with Crippen molar-refractivity contribution in [3.8, 4) is 0 Å². The summed E-state index contributed by atoms with van der Waals surface area (Å²) in [5.74, 6) is -0.944. The van der Waals surface area contributed by atoms with Gasteiger partial charge in [-0.2, -0.15) is 0 Å². The number of unbranched alkanes of at least 4 members (excludes halogenated alkanes) is 1. The van der Waals surface area contributed by atoms with Crippen LogP contribution >= 0.6 is 0 Å². The van der Waals surface area contributed by atoms with Gasteiger partial charge in [0.25, 0.3) is 0 Å². The molecular weight excluding hydrogens is 196 g/mol. The fourth-order valence-electron chi connectivity index (χ4n) is 1.41. The first kappa shape index (κ1) is 13.8. The molecular formula is C11H18O4. The summed E-state index contributed by atoms with van der Waals surface area (Å²) in [6, 6.07) is 0. The summed E-state index contributed by atoms with van der Waals surface area (Å²) in [6.45, 7) is 2.85. The molecule has 0 atom stereocenters. The van der Waals surface area contributed by atoms with Crippen LogP contribution in [-0.4, -0.2) is 24.6 Å². The van der Waals surface area contributed by atoms with Crippen LogP contribution in [-0.2, 0) is 19.1 Å². The Bertz CT molecular complexity index is 231. The van der Waals surface area contributed by atoms with Gasteiger partial charge in [0.2, 0.25) is 0 Å². The van der Waals surface area contributed by atoms with Gasteiger partial charge >= 0.3 is 5.97 Å². The van der Waals surface area contributed by atoms with Crippen LogP contribution < -0.4 is 0 Å². The van der Waals surface area contributed by atoms with E-state index in [1.54, 1.807) is 0 Å². The molecule has 0 spiro atoms. The van der Waals surface area contributed by atoms with Crippen LogP contribution in [0.5, 0.6) is 0 Å². The minimum absolute atomic E-state index is 0.0967. The highest BCUT2D eigenvalue weighted by Gasteiger charge is 2.18. The lowest BCUT2D eigenvalue weighted by molar-refractivity contribution is -0.140. The summed E-state index contributed by atoms with van der Waals surface area (Å²) in [4.78, 5) is 32.9. The summed E-state index contributed by atoms with van der Waals surface area (Å²) in [7, 11) is 1.34. The molecule has 0 aliphatic heterocycles. The first-order chi connectivity index (χ1) is 6.99. The normalized spacial score (nSPS) is 10.1. The zero-order valence-electron chi connectivity index (χ0n) is 9.54. The van der Waals surface area contributed by atoms with E-state index in [4.69, 9.17) is 0 Å². The maximum atomic E-state index is 11.1. The lowest BCUT2D eigenvalue weighted by Gasteiger charge is -2.08. The van der Waals surface area contributed by atoms with Crippen molar-refractivity contribution in [3.63, 3.8) is 0 Å². The van der Waals surface area contributed by atoms with Gasteiger partial charge in [-0.05, 0) is 26.7 Å².